The summed E-state index contributed by atoms with van der Waals surface area (Å²) in [4.78, 5) is 28.8. The Hall–Kier alpha value is -2.96. The highest BCUT2D eigenvalue weighted by atomic mass is 16.3. The zero-order valence-corrected chi connectivity index (χ0v) is 16.7. The highest BCUT2D eigenvalue weighted by molar-refractivity contribution is 5.84. The van der Waals surface area contributed by atoms with Gasteiger partial charge in [0, 0.05) is 32.7 Å². The molecule has 154 valence electrons. The monoisotopic (exact) mass is 396 g/mol. The molecule has 0 unspecified atom stereocenters. The van der Waals surface area contributed by atoms with Crippen LogP contribution in [0, 0.1) is 0 Å². The number of carbonyl (C=O) groups excluding carboxylic acids is 2. The van der Waals surface area contributed by atoms with Crippen LogP contribution in [0.3, 0.4) is 0 Å². The molecular formula is C22H28N4O3. The van der Waals surface area contributed by atoms with E-state index in [1.54, 1.807) is 24.1 Å². The van der Waals surface area contributed by atoms with E-state index in [1.807, 2.05) is 29.2 Å². The lowest BCUT2D eigenvalue weighted by atomic mass is 10.0. The summed E-state index contributed by atoms with van der Waals surface area (Å²) < 4.78 is 0. The minimum absolute atomic E-state index is 0.0536. The molecule has 0 bridgehead atoms. The van der Waals surface area contributed by atoms with E-state index >= 15 is 0 Å². The van der Waals surface area contributed by atoms with Crippen molar-refractivity contribution in [3.63, 3.8) is 0 Å². The van der Waals surface area contributed by atoms with Crippen LogP contribution in [-0.4, -0.2) is 59.2 Å². The van der Waals surface area contributed by atoms with Gasteiger partial charge in [0.15, 0.2) is 0 Å². The molecular weight excluding hydrogens is 368 g/mol. The van der Waals surface area contributed by atoms with Crippen molar-refractivity contribution in [1.29, 1.82) is 0 Å². The number of likely N-dealkylation sites (tertiary alicyclic amines) is 1. The Kier molecular flexibility index (Phi) is 5.47. The first-order valence-electron chi connectivity index (χ1n) is 10.3. The minimum Gasteiger partial charge on any atom is -0.508 e. The minimum atomic E-state index is -0.0759. The van der Waals surface area contributed by atoms with Crippen LogP contribution >= 0.6 is 0 Å². The van der Waals surface area contributed by atoms with Crippen LogP contribution in [0.5, 0.6) is 5.75 Å². The van der Waals surface area contributed by atoms with Gasteiger partial charge in [-0.05, 0) is 60.2 Å². The molecule has 1 saturated carbocycles. The normalized spacial score (nSPS) is 19.1. The molecule has 29 heavy (non-hydrogen) atoms. The fraction of sp³-hybridized carbons (Fsp3) is 0.455. The third-order valence-corrected chi connectivity index (χ3v) is 5.80. The average molecular weight is 396 g/mol. The van der Waals surface area contributed by atoms with Crippen molar-refractivity contribution < 1.29 is 14.7 Å². The number of phenolic OH excluding ortho intramolecular Hbond substituents is 1. The maximum Gasteiger partial charge on any atom is 0.318 e. The van der Waals surface area contributed by atoms with Gasteiger partial charge in [0.25, 0.3) is 0 Å². The first kappa shape index (κ1) is 19.4. The van der Waals surface area contributed by atoms with E-state index in [0.29, 0.717) is 13.1 Å². The molecule has 1 heterocycles. The van der Waals surface area contributed by atoms with Gasteiger partial charge in [0.05, 0.1) is 6.04 Å². The fourth-order valence-electron chi connectivity index (χ4n) is 4.17. The lowest BCUT2D eigenvalue weighted by molar-refractivity contribution is 0.116. The van der Waals surface area contributed by atoms with Crippen molar-refractivity contribution in [1.82, 2.24) is 20.4 Å². The molecule has 7 nitrogen and oxygen atoms in total. The Morgan fingerprint density at radius 3 is 2.62 bits per heavy atom. The van der Waals surface area contributed by atoms with Gasteiger partial charge in [-0.25, -0.2) is 9.59 Å². The second kappa shape index (κ2) is 8.19. The summed E-state index contributed by atoms with van der Waals surface area (Å²) in [5.74, 6) is 0.247. The third-order valence-electron chi connectivity index (χ3n) is 5.80. The number of nitrogens with zero attached hydrogens (tertiary/aromatic N) is 2. The summed E-state index contributed by atoms with van der Waals surface area (Å²) in [5, 5.41) is 17.4. The summed E-state index contributed by atoms with van der Waals surface area (Å²) in [7, 11) is 1.64. The molecule has 2 aromatic carbocycles. The summed E-state index contributed by atoms with van der Waals surface area (Å²) in [6.07, 6.45) is 3.90. The number of aromatic hydroxyl groups is 1. The molecule has 2 aliphatic rings. The van der Waals surface area contributed by atoms with Crippen LogP contribution in [0.1, 0.15) is 31.2 Å². The SMILES string of the molecule is CNC(=O)N1CCC[C@@H](N(C(=O)NCc2ccc3cc(O)ccc3c2)C2CC2)C1. The topological polar surface area (TPSA) is 84.9 Å². The number of fused-ring (bicyclic) bond motifs is 1. The molecule has 4 rings (SSSR count). The standard InChI is InChI=1S/C22H28N4O3/c1-23-21(28)25-10-2-3-19(14-25)26(18-7-8-18)22(29)24-13-15-4-5-17-12-20(27)9-6-16(17)11-15/h4-6,9,11-12,18-19,27H,2-3,7-8,10,13-14H2,1H3,(H,23,28)(H,24,29)/t19-/m1/s1. The van der Waals surface area contributed by atoms with E-state index in [0.717, 1.165) is 48.6 Å². The van der Waals surface area contributed by atoms with E-state index in [2.05, 4.69) is 10.6 Å². The van der Waals surface area contributed by atoms with E-state index in [4.69, 9.17) is 0 Å². The first-order chi connectivity index (χ1) is 14.0. The van der Waals surface area contributed by atoms with Gasteiger partial charge in [-0.15, -0.1) is 0 Å². The quantitative estimate of drug-likeness (QED) is 0.743. The molecule has 2 aromatic rings. The van der Waals surface area contributed by atoms with Crippen LogP contribution in [0.25, 0.3) is 10.8 Å². The van der Waals surface area contributed by atoms with Crippen LogP contribution in [0.4, 0.5) is 9.59 Å². The van der Waals surface area contributed by atoms with Gasteiger partial charge < -0.3 is 25.5 Å². The Balaban J connectivity index is 1.41. The number of hydrogen-bond acceptors (Lipinski definition) is 3. The second-order valence-corrected chi connectivity index (χ2v) is 7.96. The summed E-state index contributed by atoms with van der Waals surface area (Å²) in [6.45, 7) is 1.77. The van der Waals surface area contributed by atoms with Gasteiger partial charge in [-0.3, -0.25) is 0 Å². The van der Waals surface area contributed by atoms with Crippen molar-refractivity contribution in [2.24, 2.45) is 0 Å². The molecule has 0 spiro atoms. The number of phenols is 1. The molecule has 2 fully saturated rings. The summed E-state index contributed by atoms with van der Waals surface area (Å²) in [6, 6.07) is 11.4. The lowest BCUT2D eigenvalue weighted by Crippen LogP contribution is -2.56. The highest BCUT2D eigenvalue weighted by Crippen LogP contribution is 2.31. The molecule has 0 aromatic heterocycles. The van der Waals surface area contributed by atoms with E-state index in [1.165, 1.54) is 0 Å². The Morgan fingerprint density at radius 2 is 1.86 bits per heavy atom. The predicted molar refractivity (Wildman–Crippen MR) is 112 cm³/mol. The summed E-state index contributed by atoms with van der Waals surface area (Å²) in [5.41, 5.74) is 1.02. The smallest absolute Gasteiger partial charge is 0.318 e. The molecule has 7 heteroatoms. The molecule has 1 saturated heterocycles. The van der Waals surface area contributed by atoms with E-state index in [9.17, 15) is 14.7 Å². The van der Waals surface area contributed by atoms with Crippen LogP contribution in [0.15, 0.2) is 36.4 Å². The molecule has 1 atom stereocenters. The van der Waals surface area contributed by atoms with Crippen LogP contribution in [-0.2, 0) is 6.54 Å². The largest absolute Gasteiger partial charge is 0.508 e. The van der Waals surface area contributed by atoms with Crippen molar-refractivity contribution >= 4 is 22.8 Å². The van der Waals surface area contributed by atoms with E-state index < -0.39 is 0 Å². The van der Waals surface area contributed by atoms with Crippen molar-refractivity contribution in [3.8, 4) is 5.75 Å². The maximum atomic E-state index is 13.0. The molecule has 1 aliphatic carbocycles. The summed E-state index contributed by atoms with van der Waals surface area (Å²) >= 11 is 0. The average Bonchev–Trinajstić information content (AvgIpc) is 3.57. The van der Waals surface area contributed by atoms with E-state index in [-0.39, 0.29) is 29.9 Å². The maximum absolute atomic E-state index is 13.0. The van der Waals surface area contributed by atoms with Gasteiger partial charge >= 0.3 is 12.1 Å². The van der Waals surface area contributed by atoms with Crippen molar-refractivity contribution in [2.45, 2.75) is 44.3 Å². The van der Waals surface area contributed by atoms with Crippen LogP contribution < -0.4 is 10.6 Å². The first-order valence-corrected chi connectivity index (χ1v) is 10.3. The van der Waals surface area contributed by atoms with Gasteiger partial charge in [0.1, 0.15) is 5.75 Å². The number of urea groups is 2. The zero-order valence-electron chi connectivity index (χ0n) is 16.7. The molecule has 3 N–H and O–H groups in total. The van der Waals surface area contributed by atoms with Crippen molar-refractivity contribution in [3.05, 3.63) is 42.0 Å². The zero-order chi connectivity index (χ0) is 20.4. The van der Waals surface area contributed by atoms with Gasteiger partial charge in [-0.1, -0.05) is 18.2 Å². The predicted octanol–water partition coefficient (Wildman–Crippen LogP) is 3.02. The van der Waals surface area contributed by atoms with Crippen LogP contribution in [0.2, 0.25) is 0 Å². The van der Waals surface area contributed by atoms with Gasteiger partial charge in [0.2, 0.25) is 0 Å². The lowest BCUT2D eigenvalue weighted by Gasteiger charge is -2.39. The second-order valence-electron chi connectivity index (χ2n) is 7.96. The number of piperidine rings is 1. The molecule has 4 amide bonds. The molecule has 1 aliphatic heterocycles. The third kappa shape index (κ3) is 4.39. The Morgan fingerprint density at radius 1 is 1.10 bits per heavy atom. The highest BCUT2D eigenvalue weighted by Gasteiger charge is 2.39. The van der Waals surface area contributed by atoms with Gasteiger partial charge in [-0.2, -0.15) is 0 Å². The number of rotatable bonds is 4. The number of carbonyl (C=O) groups is 2. The number of benzene rings is 2. The Labute approximate surface area is 170 Å². The fourth-order valence-corrected chi connectivity index (χ4v) is 4.17. The number of amides is 4. The number of nitrogens with one attached hydrogen (secondary N) is 2. The number of hydrogen-bond donors (Lipinski definition) is 3. The van der Waals surface area contributed by atoms with Crippen molar-refractivity contribution in [2.75, 3.05) is 20.1 Å². The molecule has 0 radical (unpaired) electrons. The Bertz CT molecular complexity index is 912.